The van der Waals surface area contributed by atoms with Gasteiger partial charge in [-0.2, -0.15) is 0 Å². The van der Waals surface area contributed by atoms with E-state index in [0.29, 0.717) is 17.4 Å². The average Bonchev–Trinajstić information content (AvgIpc) is 3.33. The third-order valence-electron chi connectivity index (χ3n) is 11.6. The van der Waals surface area contributed by atoms with Crippen molar-refractivity contribution in [3.05, 3.63) is 48.0 Å². The van der Waals surface area contributed by atoms with Crippen molar-refractivity contribution in [1.82, 2.24) is 4.90 Å². The smallest absolute Gasteiger partial charge is 0.0752 e. The Labute approximate surface area is 200 Å². The van der Waals surface area contributed by atoms with Crippen molar-refractivity contribution >= 4 is 10.8 Å². The Bertz CT molecular complexity index is 1080. The van der Waals surface area contributed by atoms with Gasteiger partial charge >= 0.3 is 0 Å². The number of ether oxygens (including phenoxy) is 1. The van der Waals surface area contributed by atoms with E-state index in [2.05, 4.69) is 68.4 Å². The van der Waals surface area contributed by atoms with Crippen molar-refractivity contribution in [3.8, 4) is 0 Å². The van der Waals surface area contributed by atoms with Crippen LogP contribution in [0.15, 0.2) is 42.5 Å². The molecular weight excluding hydrogens is 402 g/mol. The Hall–Kier alpha value is -1.38. The predicted octanol–water partition coefficient (Wildman–Crippen LogP) is 7.17. The predicted molar refractivity (Wildman–Crippen MR) is 135 cm³/mol. The minimum Gasteiger partial charge on any atom is -0.368 e. The van der Waals surface area contributed by atoms with Crippen molar-refractivity contribution in [3.63, 3.8) is 0 Å². The summed E-state index contributed by atoms with van der Waals surface area (Å²) in [7, 11) is 4.56. The summed E-state index contributed by atoms with van der Waals surface area (Å²) >= 11 is 0. The topological polar surface area (TPSA) is 12.5 Å². The van der Waals surface area contributed by atoms with Crippen LogP contribution in [0.2, 0.25) is 0 Å². The number of fused-ring (bicyclic) bond motifs is 2. The third kappa shape index (κ3) is 2.80. The van der Waals surface area contributed by atoms with Gasteiger partial charge in [0.15, 0.2) is 0 Å². The normalized spacial score (nSPS) is 46.2. The fourth-order valence-corrected chi connectivity index (χ4v) is 9.98. The number of nitrogens with zero attached hydrogens (tertiary/aromatic N) is 1. The molecule has 2 unspecified atom stereocenters. The molecule has 2 saturated heterocycles. The number of rotatable bonds is 2. The van der Waals surface area contributed by atoms with Gasteiger partial charge in [-0.1, -0.05) is 49.4 Å². The molecular formula is C31H41NO. The number of hydrogen-bond acceptors (Lipinski definition) is 2. The molecule has 7 rings (SSSR count). The van der Waals surface area contributed by atoms with Gasteiger partial charge in [-0.3, -0.25) is 0 Å². The highest BCUT2D eigenvalue weighted by Crippen LogP contribution is 2.72. The van der Waals surface area contributed by atoms with Crippen LogP contribution in [0, 0.1) is 23.2 Å². The van der Waals surface area contributed by atoms with E-state index in [9.17, 15) is 0 Å². The van der Waals surface area contributed by atoms with E-state index in [1.54, 1.807) is 5.56 Å². The van der Waals surface area contributed by atoms with E-state index in [-0.39, 0.29) is 11.2 Å². The maximum absolute atomic E-state index is 7.57. The van der Waals surface area contributed by atoms with Crippen molar-refractivity contribution in [2.75, 3.05) is 14.1 Å². The first kappa shape index (κ1) is 20.9. The molecule has 0 amide bonds. The van der Waals surface area contributed by atoms with Gasteiger partial charge in [0, 0.05) is 6.04 Å². The Morgan fingerprint density at radius 1 is 0.848 bits per heavy atom. The molecule has 2 spiro atoms. The molecule has 0 radical (unpaired) electrons. The zero-order valence-corrected chi connectivity index (χ0v) is 20.9. The minimum absolute atomic E-state index is 0.170. The van der Waals surface area contributed by atoms with Gasteiger partial charge in [-0.15, -0.1) is 0 Å². The molecule has 2 aliphatic heterocycles. The fraction of sp³-hybridized carbons (Fsp3) is 0.677. The van der Waals surface area contributed by atoms with Crippen LogP contribution in [-0.4, -0.2) is 36.2 Å². The summed E-state index contributed by atoms with van der Waals surface area (Å²) in [4.78, 5) is 2.47. The second-order valence-corrected chi connectivity index (χ2v) is 13.0. The summed E-state index contributed by atoms with van der Waals surface area (Å²) in [5, 5.41) is 2.78. The Morgan fingerprint density at radius 2 is 1.70 bits per heavy atom. The van der Waals surface area contributed by atoms with Crippen LogP contribution in [-0.2, 0) is 4.74 Å². The van der Waals surface area contributed by atoms with E-state index in [0.717, 1.165) is 17.8 Å². The lowest BCUT2D eigenvalue weighted by Gasteiger charge is -2.61. The molecule has 2 bridgehead atoms. The van der Waals surface area contributed by atoms with Crippen LogP contribution in [0.5, 0.6) is 0 Å². The van der Waals surface area contributed by atoms with Gasteiger partial charge in [0.25, 0.3) is 0 Å². The van der Waals surface area contributed by atoms with Crippen LogP contribution < -0.4 is 0 Å². The van der Waals surface area contributed by atoms with E-state index < -0.39 is 0 Å². The van der Waals surface area contributed by atoms with Gasteiger partial charge < -0.3 is 9.64 Å². The number of hydrogen-bond donors (Lipinski definition) is 0. The minimum atomic E-state index is 0.170. The maximum Gasteiger partial charge on any atom is 0.0752 e. The van der Waals surface area contributed by atoms with Gasteiger partial charge in [-0.25, -0.2) is 0 Å². The third-order valence-corrected chi connectivity index (χ3v) is 11.6. The lowest BCUT2D eigenvalue weighted by molar-refractivity contribution is -0.260. The number of benzene rings is 2. The molecule has 2 heteroatoms. The highest BCUT2D eigenvalue weighted by Gasteiger charge is 2.70. The molecule has 0 aromatic heterocycles. The quantitative estimate of drug-likeness (QED) is 0.488. The largest absolute Gasteiger partial charge is 0.368 e. The first-order chi connectivity index (χ1) is 15.9. The summed E-state index contributed by atoms with van der Waals surface area (Å²) in [6, 6.07) is 16.9. The summed E-state index contributed by atoms with van der Waals surface area (Å²) in [5.41, 5.74) is 2.32. The zero-order chi connectivity index (χ0) is 22.4. The molecule has 33 heavy (non-hydrogen) atoms. The van der Waals surface area contributed by atoms with E-state index in [4.69, 9.17) is 4.74 Å². The van der Waals surface area contributed by atoms with E-state index in [1.165, 1.54) is 75.0 Å². The average molecular weight is 444 g/mol. The second kappa shape index (κ2) is 7.08. The molecule has 8 atom stereocenters. The van der Waals surface area contributed by atoms with Crippen LogP contribution in [0.4, 0.5) is 0 Å². The molecule has 2 aromatic rings. The molecule has 5 fully saturated rings. The standard InChI is InChI=1S/C31H41NO/c1-29-15-14-25-19-24-10-11-26(32(2)3)20-30(24)16-17-31(25,33-30)28(29)13-12-27(29)23-9-8-21-6-4-5-7-22(21)18-23/h4-9,18,24-28H,10-17,19-20H2,1-3H3/t24?,25?,26-,27-,28-,29-,30-,31-/m1/s1. The molecule has 3 aliphatic carbocycles. The monoisotopic (exact) mass is 443 g/mol. The Balaban J connectivity index is 1.23. The maximum atomic E-state index is 7.57. The van der Waals surface area contributed by atoms with Gasteiger partial charge in [0.1, 0.15) is 0 Å². The van der Waals surface area contributed by atoms with Gasteiger partial charge in [0.05, 0.1) is 11.2 Å². The molecule has 176 valence electrons. The molecule has 2 heterocycles. The lowest BCUT2D eigenvalue weighted by atomic mass is 9.53. The first-order valence-electron chi connectivity index (χ1n) is 13.8. The fourth-order valence-electron chi connectivity index (χ4n) is 9.98. The van der Waals surface area contributed by atoms with Crippen molar-refractivity contribution in [2.45, 2.75) is 94.3 Å². The summed E-state index contributed by atoms with van der Waals surface area (Å²) in [6.45, 7) is 2.65. The molecule has 0 N–H and O–H groups in total. The van der Waals surface area contributed by atoms with E-state index in [1.807, 2.05) is 0 Å². The summed E-state index contributed by atoms with van der Waals surface area (Å²) in [6.07, 6.45) is 13.6. The van der Waals surface area contributed by atoms with E-state index >= 15 is 0 Å². The van der Waals surface area contributed by atoms with Gasteiger partial charge in [0.2, 0.25) is 0 Å². The first-order valence-corrected chi connectivity index (χ1v) is 13.8. The van der Waals surface area contributed by atoms with Crippen LogP contribution in [0.3, 0.4) is 0 Å². The zero-order valence-electron chi connectivity index (χ0n) is 20.9. The molecule has 5 aliphatic rings. The van der Waals surface area contributed by atoms with Crippen LogP contribution >= 0.6 is 0 Å². The second-order valence-electron chi connectivity index (χ2n) is 13.0. The van der Waals surface area contributed by atoms with Crippen LogP contribution in [0.1, 0.15) is 82.6 Å². The Kier molecular flexibility index (Phi) is 4.49. The summed E-state index contributed by atoms with van der Waals surface area (Å²) in [5.74, 6) is 3.04. The highest BCUT2D eigenvalue weighted by molar-refractivity contribution is 5.83. The van der Waals surface area contributed by atoms with Crippen molar-refractivity contribution < 1.29 is 4.74 Å². The molecule has 3 saturated carbocycles. The van der Waals surface area contributed by atoms with Crippen molar-refractivity contribution in [2.24, 2.45) is 23.2 Å². The summed E-state index contributed by atoms with van der Waals surface area (Å²) < 4.78 is 7.57. The van der Waals surface area contributed by atoms with Gasteiger partial charge in [-0.05, 0) is 124 Å². The Morgan fingerprint density at radius 3 is 2.55 bits per heavy atom. The van der Waals surface area contributed by atoms with Crippen LogP contribution in [0.25, 0.3) is 10.8 Å². The molecule has 2 nitrogen and oxygen atoms in total. The molecule has 2 aromatic carbocycles. The lowest BCUT2D eigenvalue weighted by Crippen LogP contribution is -2.62. The van der Waals surface area contributed by atoms with Crippen molar-refractivity contribution in [1.29, 1.82) is 0 Å². The highest BCUT2D eigenvalue weighted by atomic mass is 16.5. The SMILES string of the molecule is CN(C)[C@@H]1CCC2CC3CC[C@]4(C)[C@@H](c5ccc6ccccc6c5)CC[C@H]4[C@@]34CC[C@]2(C1)O4.